The van der Waals surface area contributed by atoms with E-state index in [1.165, 1.54) is 0 Å². The summed E-state index contributed by atoms with van der Waals surface area (Å²) < 4.78 is 2.33. The number of nitrogens with one attached hydrogen (secondary N) is 2. The predicted molar refractivity (Wildman–Crippen MR) is 127 cm³/mol. The van der Waals surface area contributed by atoms with Gasteiger partial charge in [-0.05, 0) is 30.2 Å². The van der Waals surface area contributed by atoms with Crippen LogP contribution in [0.1, 0.15) is 27.2 Å². The standard InChI is InChI=1S/C22H20BrClN4O2S/c23-15-6-7-18(24)16(10-15)22(30)26-21-17-12-31-13-19(17)27-28(21)11-20(29)25-9-8-14-4-2-1-3-5-14/h1-7,10H,8-9,11-13H2,(H,25,29)(H,26,30). The molecule has 3 aromatic rings. The molecular formula is C22H20BrClN4O2S. The summed E-state index contributed by atoms with van der Waals surface area (Å²) in [6.07, 6.45) is 0.754. The average Bonchev–Trinajstić information content (AvgIpc) is 3.33. The Hall–Kier alpha value is -2.29. The van der Waals surface area contributed by atoms with Crippen molar-refractivity contribution in [3.8, 4) is 0 Å². The monoisotopic (exact) mass is 518 g/mol. The summed E-state index contributed by atoms with van der Waals surface area (Å²) in [7, 11) is 0. The Bertz CT molecular complexity index is 1120. The van der Waals surface area contributed by atoms with Crippen LogP contribution in [0.3, 0.4) is 0 Å². The number of halogens is 2. The first kappa shape index (κ1) is 21.9. The Morgan fingerprint density at radius 3 is 2.77 bits per heavy atom. The number of aromatic nitrogens is 2. The number of fused-ring (bicyclic) bond motifs is 1. The number of nitrogens with zero attached hydrogens (tertiary/aromatic N) is 2. The van der Waals surface area contributed by atoms with E-state index in [9.17, 15) is 9.59 Å². The van der Waals surface area contributed by atoms with Gasteiger partial charge in [0.15, 0.2) is 0 Å². The van der Waals surface area contributed by atoms with Crippen LogP contribution in [0.5, 0.6) is 0 Å². The van der Waals surface area contributed by atoms with Gasteiger partial charge in [0.25, 0.3) is 5.91 Å². The minimum Gasteiger partial charge on any atom is -0.354 e. The summed E-state index contributed by atoms with van der Waals surface area (Å²) in [6, 6.07) is 15.1. The molecule has 2 N–H and O–H groups in total. The zero-order chi connectivity index (χ0) is 21.8. The summed E-state index contributed by atoms with van der Waals surface area (Å²) in [5.74, 6) is 1.57. The molecule has 4 rings (SSSR count). The molecular weight excluding hydrogens is 500 g/mol. The van der Waals surface area contributed by atoms with Gasteiger partial charge in [0.05, 0.1) is 16.3 Å². The highest BCUT2D eigenvalue weighted by Gasteiger charge is 2.25. The molecule has 0 fully saturated rings. The van der Waals surface area contributed by atoms with Crippen molar-refractivity contribution in [2.75, 3.05) is 11.9 Å². The van der Waals surface area contributed by atoms with E-state index in [0.29, 0.717) is 22.9 Å². The van der Waals surface area contributed by atoms with Gasteiger partial charge >= 0.3 is 0 Å². The van der Waals surface area contributed by atoms with Crippen molar-refractivity contribution in [2.24, 2.45) is 0 Å². The van der Waals surface area contributed by atoms with E-state index in [0.717, 1.165) is 39.2 Å². The lowest BCUT2D eigenvalue weighted by molar-refractivity contribution is -0.121. The highest BCUT2D eigenvalue weighted by Crippen LogP contribution is 2.35. The summed E-state index contributed by atoms with van der Waals surface area (Å²) in [4.78, 5) is 25.4. The fourth-order valence-electron chi connectivity index (χ4n) is 3.35. The van der Waals surface area contributed by atoms with Gasteiger partial charge in [0, 0.05) is 28.1 Å². The lowest BCUT2D eigenvalue weighted by Gasteiger charge is -2.12. The highest BCUT2D eigenvalue weighted by atomic mass is 79.9. The van der Waals surface area contributed by atoms with Crippen molar-refractivity contribution >= 4 is 56.9 Å². The summed E-state index contributed by atoms with van der Waals surface area (Å²) in [5, 5.41) is 10.8. The molecule has 160 valence electrons. The Labute approximate surface area is 197 Å². The van der Waals surface area contributed by atoms with Gasteiger partial charge in [-0.1, -0.05) is 57.9 Å². The minimum absolute atomic E-state index is 0.0360. The third kappa shape index (κ3) is 5.31. The Morgan fingerprint density at radius 1 is 1.16 bits per heavy atom. The van der Waals surface area contributed by atoms with Crippen LogP contribution < -0.4 is 10.6 Å². The fourth-order valence-corrected chi connectivity index (χ4v) is 4.95. The molecule has 2 heterocycles. The number of hydrogen-bond acceptors (Lipinski definition) is 4. The Morgan fingerprint density at radius 2 is 1.97 bits per heavy atom. The second-order valence-corrected chi connectivity index (χ2v) is 9.40. The van der Waals surface area contributed by atoms with Gasteiger partial charge in [-0.15, -0.1) is 0 Å². The molecule has 0 radical (unpaired) electrons. The summed E-state index contributed by atoms with van der Waals surface area (Å²) in [5.41, 5.74) is 3.38. The molecule has 1 aliphatic heterocycles. The van der Waals surface area contributed by atoms with Crippen molar-refractivity contribution in [2.45, 2.75) is 24.5 Å². The summed E-state index contributed by atoms with van der Waals surface area (Å²) in [6.45, 7) is 0.573. The maximum atomic E-state index is 12.9. The first-order valence-electron chi connectivity index (χ1n) is 9.74. The average molecular weight is 520 g/mol. The molecule has 0 bridgehead atoms. The fraction of sp³-hybridized carbons (Fsp3) is 0.227. The molecule has 0 spiro atoms. The highest BCUT2D eigenvalue weighted by molar-refractivity contribution is 9.10. The van der Waals surface area contributed by atoms with Crippen LogP contribution in [0.15, 0.2) is 53.0 Å². The van der Waals surface area contributed by atoms with Gasteiger partial charge in [0.1, 0.15) is 12.4 Å². The van der Waals surface area contributed by atoms with Gasteiger partial charge in [-0.2, -0.15) is 16.9 Å². The molecule has 1 aliphatic rings. The largest absolute Gasteiger partial charge is 0.354 e. The van der Waals surface area contributed by atoms with Crippen molar-refractivity contribution in [1.82, 2.24) is 15.1 Å². The van der Waals surface area contributed by atoms with Crippen LogP contribution in [0, 0.1) is 0 Å². The Kier molecular flexibility index (Phi) is 6.99. The van der Waals surface area contributed by atoms with E-state index in [-0.39, 0.29) is 18.4 Å². The third-order valence-corrected chi connectivity index (χ3v) is 6.69. The molecule has 0 unspecified atom stereocenters. The van der Waals surface area contributed by atoms with Crippen LogP contribution in [-0.4, -0.2) is 28.1 Å². The molecule has 31 heavy (non-hydrogen) atoms. The van der Waals surface area contributed by atoms with Crippen molar-refractivity contribution in [3.05, 3.63) is 80.4 Å². The van der Waals surface area contributed by atoms with E-state index < -0.39 is 0 Å². The number of benzene rings is 2. The quantitative estimate of drug-likeness (QED) is 0.476. The smallest absolute Gasteiger partial charge is 0.258 e. The van der Waals surface area contributed by atoms with Crippen molar-refractivity contribution in [3.63, 3.8) is 0 Å². The first-order valence-corrected chi connectivity index (χ1v) is 12.1. The summed E-state index contributed by atoms with van der Waals surface area (Å²) >= 11 is 11.3. The number of thioether (sulfide) groups is 1. The van der Waals surface area contributed by atoms with E-state index >= 15 is 0 Å². The number of carbonyl (C=O) groups is 2. The van der Waals surface area contributed by atoms with E-state index in [1.807, 2.05) is 30.3 Å². The number of hydrogen-bond donors (Lipinski definition) is 2. The third-order valence-electron chi connectivity index (χ3n) is 4.90. The molecule has 0 saturated carbocycles. The maximum absolute atomic E-state index is 12.9. The second kappa shape index (κ2) is 9.89. The molecule has 0 atom stereocenters. The topological polar surface area (TPSA) is 76.0 Å². The predicted octanol–water partition coefficient (Wildman–Crippen LogP) is 4.66. The minimum atomic E-state index is -0.336. The van der Waals surface area contributed by atoms with Crippen LogP contribution in [-0.2, 0) is 29.3 Å². The Balaban J connectivity index is 1.45. The SMILES string of the molecule is O=C(Cn1nc2c(c1NC(=O)c1cc(Br)ccc1Cl)CSC2)NCCc1ccccc1. The normalized spacial score (nSPS) is 12.5. The molecule has 2 aromatic carbocycles. The van der Waals surface area contributed by atoms with Crippen LogP contribution in [0.4, 0.5) is 5.82 Å². The molecule has 0 saturated heterocycles. The number of amides is 2. The van der Waals surface area contributed by atoms with Crippen molar-refractivity contribution in [1.29, 1.82) is 0 Å². The van der Waals surface area contributed by atoms with E-state index in [1.54, 1.807) is 34.6 Å². The lowest BCUT2D eigenvalue weighted by Crippen LogP contribution is -2.30. The van der Waals surface area contributed by atoms with E-state index in [4.69, 9.17) is 11.6 Å². The number of carbonyl (C=O) groups excluding carboxylic acids is 2. The van der Waals surface area contributed by atoms with Gasteiger partial charge < -0.3 is 10.6 Å². The van der Waals surface area contributed by atoms with Crippen LogP contribution in [0.2, 0.25) is 5.02 Å². The number of anilines is 1. The zero-order valence-corrected chi connectivity index (χ0v) is 19.7. The van der Waals surface area contributed by atoms with Gasteiger partial charge in [0.2, 0.25) is 5.91 Å². The molecule has 1 aromatic heterocycles. The molecule has 6 nitrogen and oxygen atoms in total. The lowest BCUT2D eigenvalue weighted by atomic mass is 10.1. The zero-order valence-electron chi connectivity index (χ0n) is 16.5. The molecule has 0 aliphatic carbocycles. The van der Waals surface area contributed by atoms with Crippen molar-refractivity contribution < 1.29 is 9.59 Å². The van der Waals surface area contributed by atoms with E-state index in [2.05, 4.69) is 31.7 Å². The maximum Gasteiger partial charge on any atom is 0.258 e. The van der Waals surface area contributed by atoms with Gasteiger partial charge in [-0.3, -0.25) is 9.59 Å². The van der Waals surface area contributed by atoms with Crippen LogP contribution in [0.25, 0.3) is 0 Å². The first-order chi connectivity index (χ1) is 15.0. The van der Waals surface area contributed by atoms with Crippen LogP contribution >= 0.6 is 39.3 Å². The van der Waals surface area contributed by atoms with Gasteiger partial charge in [-0.25, -0.2) is 4.68 Å². The molecule has 2 amide bonds. The number of rotatable bonds is 7. The molecule has 9 heteroatoms. The second-order valence-electron chi connectivity index (χ2n) is 7.09.